The number of aromatic nitrogens is 4. The number of nitrogens with zero attached hydrogens (tertiary/aromatic N) is 4. The lowest BCUT2D eigenvalue weighted by molar-refractivity contribution is 0.0945. The lowest BCUT2D eigenvalue weighted by Gasteiger charge is -2.19. The molecule has 8 nitrogen and oxygen atoms in total. The van der Waals surface area contributed by atoms with E-state index in [1.54, 1.807) is 6.33 Å². The number of carbonyl (C=O) groups excluding carboxylic acids is 1. The van der Waals surface area contributed by atoms with Crippen LogP contribution in [-0.4, -0.2) is 44.5 Å². The molecular weight excluding hydrogens is 352 g/mol. The standard InChI is InChI=1S/C17H20N6O2S/c1-10-8-26-17-21-6-13(16(25)23(10)17)15(24)20-4-11-3-18-5-12(11)14-7-19-9-22(14)2/h6-9,11-12,18H,3-5H2,1-2H3,(H,20,24)/t11-,12+/m0/s1. The summed E-state index contributed by atoms with van der Waals surface area (Å²) in [4.78, 5) is 34.2. The molecule has 1 fully saturated rings. The highest BCUT2D eigenvalue weighted by atomic mass is 32.1. The van der Waals surface area contributed by atoms with E-state index in [1.807, 2.05) is 30.1 Å². The number of amides is 1. The fraction of sp³-hybridized carbons (Fsp3) is 0.412. The van der Waals surface area contributed by atoms with Crippen LogP contribution in [0, 0.1) is 12.8 Å². The molecule has 0 aliphatic carbocycles. The highest BCUT2D eigenvalue weighted by Gasteiger charge is 2.30. The molecule has 0 bridgehead atoms. The molecule has 0 unspecified atom stereocenters. The minimum absolute atomic E-state index is 0.0760. The minimum atomic E-state index is -0.377. The van der Waals surface area contributed by atoms with E-state index in [0.29, 0.717) is 11.5 Å². The first-order valence-electron chi connectivity index (χ1n) is 8.47. The predicted molar refractivity (Wildman–Crippen MR) is 98.7 cm³/mol. The Bertz CT molecular complexity index is 1020. The molecule has 3 aromatic rings. The maximum Gasteiger partial charge on any atom is 0.271 e. The van der Waals surface area contributed by atoms with Crippen LogP contribution in [-0.2, 0) is 7.05 Å². The predicted octanol–water partition coefficient (Wildman–Crippen LogP) is 0.531. The molecule has 1 amide bonds. The fourth-order valence-corrected chi connectivity index (χ4v) is 4.35. The van der Waals surface area contributed by atoms with E-state index in [9.17, 15) is 9.59 Å². The maximum absolute atomic E-state index is 12.6. The van der Waals surface area contributed by atoms with Crippen molar-refractivity contribution in [2.75, 3.05) is 19.6 Å². The van der Waals surface area contributed by atoms with E-state index in [-0.39, 0.29) is 28.9 Å². The molecule has 136 valence electrons. The largest absolute Gasteiger partial charge is 0.351 e. The van der Waals surface area contributed by atoms with Crippen LogP contribution in [0.15, 0.2) is 28.9 Å². The average molecular weight is 372 g/mol. The van der Waals surface area contributed by atoms with Crippen molar-refractivity contribution in [3.8, 4) is 0 Å². The van der Waals surface area contributed by atoms with Gasteiger partial charge in [0.2, 0.25) is 0 Å². The number of hydrogen-bond donors (Lipinski definition) is 2. The number of imidazole rings is 1. The van der Waals surface area contributed by atoms with Gasteiger partial charge < -0.3 is 15.2 Å². The van der Waals surface area contributed by atoms with Crippen molar-refractivity contribution in [1.29, 1.82) is 0 Å². The Hall–Kier alpha value is -2.52. The number of rotatable bonds is 4. The number of carbonyl (C=O) groups is 1. The van der Waals surface area contributed by atoms with Crippen molar-refractivity contribution in [1.82, 2.24) is 29.6 Å². The van der Waals surface area contributed by atoms with Gasteiger partial charge in [0.05, 0.1) is 6.33 Å². The van der Waals surface area contributed by atoms with Crippen LogP contribution in [0.3, 0.4) is 0 Å². The number of aryl methyl sites for hydroxylation is 2. The first-order chi connectivity index (χ1) is 12.6. The van der Waals surface area contributed by atoms with Gasteiger partial charge in [-0.1, -0.05) is 0 Å². The second-order valence-corrected chi connectivity index (χ2v) is 7.47. The molecule has 0 radical (unpaired) electrons. The Balaban J connectivity index is 1.50. The number of fused-ring (bicyclic) bond motifs is 1. The molecule has 4 rings (SSSR count). The fourth-order valence-electron chi connectivity index (χ4n) is 3.52. The third-order valence-corrected chi connectivity index (χ3v) is 5.92. The summed E-state index contributed by atoms with van der Waals surface area (Å²) >= 11 is 1.39. The van der Waals surface area contributed by atoms with Gasteiger partial charge in [0.1, 0.15) is 5.56 Å². The summed E-state index contributed by atoms with van der Waals surface area (Å²) in [5.74, 6) is 0.151. The molecule has 4 heterocycles. The molecular formula is C17H20N6O2S. The van der Waals surface area contributed by atoms with Gasteiger partial charge in [-0.3, -0.25) is 14.0 Å². The van der Waals surface area contributed by atoms with Crippen LogP contribution in [0.5, 0.6) is 0 Å². The highest BCUT2D eigenvalue weighted by molar-refractivity contribution is 7.15. The van der Waals surface area contributed by atoms with Crippen molar-refractivity contribution in [3.63, 3.8) is 0 Å². The maximum atomic E-state index is 12.6. The molecule has 0 spiro atoms. The smallest absolute Gasteiger partial charge is 0.271 e. The summed E-state index contributed by atoms with van der Waals surface area (Å²) in [6, 6.07) is 0. The van der Waals surface area contributed by atoms with E-state index in [4.69, 9.17) is 0 Å². The van der Waals surface area contributed by atoms with Crippen LogP contribution in [0.2, 0.25) is 0 Å². The van der Waals surface area contributed by atoms with E-state index >= 15 is 0 Å². The van der Waals surface area contributed by atoms with Crippen molar-refractivity contribution >= 4 is 22.2 Å². The molecule has 0 saturated carbocycles. The molecule has 1 aliphatic heterocycles. The lowest BCUT2D eigenvalue weighted by Crippen LogP contribution is -2.36. The van der Waals surface area contributed by atoms with Gasteiger partial charge in [-0.15, -0.1) is 11.3 Å². The van der Waals surface area contributed by atoms with Crippen LogP contribution in [0.1, 0.15) is 27.7 Å². The Labute approximate surface area is 153 Å². The van der Waals surface area contributed by atoms with E-state index in [2.05, 4.69) is 20.6 Å². The minimum Gasteiger partial charge on any atom is -0.351 e. The van der Waals surface area contributed by atoms with E-state index in [0.717, 1.165) is 24.5 Å². The summed E-state index contributed by atoms with van der Waals surface area (Å²) in [5, 5.41) is 8.14. The molecule has 1 aliphatic rings. The van der Waals surface area contributed by atoms with Gasteiger partial charge in [0, 0.05) is 61.8 Å². The van der Waals surface area contributed by atoms with Crippen LogP contribution in [0.25, 0.3) is 4.96 Å². The third kappa shape index (κ3) is 2.82. The Kier molecular flexibility index (Phi) is 4.33. The normalized spacial score (nSPS) is 19.9. The van der Waals surface area contributed by atoms with E-state index in [1.165, 1.54) is 21.9 Å². The zero-order valence-electron chi connectivity index (χ0n) is 14.6. The topological polar surface area (TPSA) is 93.3 Å². The molecule has 1 saturated heterocycles. The Morgan fingerprint density at radius 1 is 1.42 bits per heavy atom. The molecule has 0 aromatic carbocycles. The van der Waals surface area contributed by atoms with Crippen molar-refractivity contribution in [2.24, 2.45) is 13.0 Å². The van der Waals surface area contributed by atoms with Gasteiger partial charge in [-0.25, -0.2) is 9.97 Å². The van der Waals surface area contributed by atoms with Crippen LogP contribution < -0.4 is 16.2 Å². The zero-order valence-corrected chi connectivity index (χ0v) is 15.4. The Morgan fingerprint density at radius 3 is 3.04 bits per heavy atom. The third-order valence-electron chi connectivity index (χ3n) is 4.96. The molecule has 2 N–H and O–H groups in total. The summed E-state index contributed by atoms with van der Waals surface area (Å²) in [6.07, 6.45) is 5.03. The lowest BCUT2D eigenvalue weighted by atomic mass is 9.93. The second kappa shape index (κ2) is 6.65. The summed E-state index contributed by atoms with van der Waals surface area (Å²) in [5.41, 5.74) is 1.69. The van der Waals surface area contributed by atoms with Crippen LogP contribution in [0.4, 0.5) is 0 Å². The first kappa shape index (κ1) is 16.9. The molecule has 3 aromatic heterocycles. The van der Waals surface area contributed by atoms with Gasteiger partial charge in [-0.2, -0.15) is 0 Å². The van der Waals surface area contributed by atoms with E-state index < -0.39 is 0 Å². The molecule has 9 heteroatoms. The highest BCUT2D eigenvalue weighted by Crippen LogP contribution is 2.27. The van der Waals surface area contributed by atoms with Crippen molar-refractivity contribution < 1.29 is 4.79 Å². The number of nitrogens with one attached hydrogen (secondary N) is 2. The number of hydrogen-bond acceptors (Lipinski definition) is 6. The summed E-state index contributed by atoms with van der Waals surface area (Å²) in [7, 11) is 1.97. The van der Waals surface area contributed by atoms with Crippen molar-refractivity contribution in [2.45, 2.75) is 12.8 Å². The summed E-state index contributed by atoms with van der Waals surface area (Å²) in [6.45, 7) is 3.99. The van der Waals surface area contributed by atoms with Gasteiger partial charge in [0.25, 0.3) is 11.5 Å². The SMILES string of the molecule is Cc1csc2ncc(C(=O)NC[C@@H]3CNC[C@H]3c3cncn3C)c(=O)n12. The van der Waals surface area contributed by atoms with Gasteiger partial charge in [-0.05, 0) is 12.8 Å². The average Bonchev–Trinajstić information content (AvgIpc) is 3.33. The first-order valence-corrected chi connectivity index (χ1v) is 9.35. The second-order valence-electron chi connectivity index (χ2n) is 6.64. The van der Waals surface area contributed by atoms with Crippen LogP contribution >= 0.6 is 11.3 Å². The molecule has 2 atom stereocenters. The quantitative estimate of drug-likeness (QED) is 0.697. The summed E-state index contributed by atoms with van der Waals surface area (Å²) < 4.78 is 3.49. The Morgan fingerprint density at radius 2 is 2.27 bits per heavy atom. The van der Waals surface area contributed by atoms with Gasteiger partial charge in [0.15, 0.2) is 4.96 Å². The monoisotopic (exact) mass is 372 g/mol. The van der Waals surface area contributed by atoms with Crippen molar-refractivity contribution in [3.05, 3.63) is 51.4 Å². The zero-order chi connectivity index (χ0) is 18.3. The number of thiazole rings is 1. The molecule has 26 heavy (non-hydrogen) atoms. The van der Waals surface area contributed by atoms with Gasteiger partial charge >= 0.3 is 0 Å².